The molecule has 1 saturated heterocycles. The van der Waals surface area contributed by atoms with E-state index in [0.717, 1.165) is 6.42 Å². The van der Waals surface area contributed by atoms with Gasteiger partial charge in [-0.15, -0.1) is 0 Å². The minimum absolute atomic E-state index is 0.00952. The van der Waals surface area contributed by atoms with E-state index in [9.17, 15) is 14.4 Å². The highest BCUT2D eigenvalue weighted by atomic mass is 35.5. The Balaban J connectivity index is 1.65. The number of hydrogen-bond acceptors (Lipinski definition) is 6. The number of carbonyl (C=O) groups excluding carboxylic acids is 2. The Kier molecular flexibility index (Phi) is 9.02. The van der Waals surface area contributed by atoms with Crippen molar-refractivity contribution in [2.75, 3.05) is 25.4 Å². The topological polar surface area (TPSA) is 93.5 Å². The smallest absolute Gasteiger partial charge is 0.409 e. The normalized spacial score (nSPS) is 14.6. The zero-order valence-electron chi connectivity index (χ0n) is 19.3. The highest BCUT2D eigenvalue weighted by Gasteiger charge is 2.24. The Bertz CT molecular complexity index is 1050. The van der Waals surface area contributed by atoms with Crippen LogP contribution >= 0.6 is 23.4 Å². The molecule has 0 saturated carbocycles. The third kappa shape index (κ3) is 6.86. The lowest BCUT2D eigenvalue weighted by Crippen LogP contribution is -2.47. The van der Waals surface area contributed by atoms with Crippen LogP contribution in [-0.4, -0.2) is 57.9 Å². The summed E-state index contributed by atoms with van der Waals surface area (Å²) in [6, 6.07) is 5.07. The predicted molar refractivity (Wildman–Crippen MR) is 131 cm³/mol. The summed E-state index contributed by atoms with van der Waals surface area (Å²) in [6.45, 7) is 7.99. The fraction of sp³-hybridized carbons (Fsp3) is 0.565. The van der Waals surface area contributed by atoms with Crippen molar-refractivity contribution < 1.29 is 14.3 Å². The molecule has 3 rings (SSSR count). The number of aromatic nitrogens is 2. The summed E-state index contributed by atoms with van der Waals surface area (Å²) in [4.78, 5) is 43.8. The molecule has 33 heavy (non-hydrogen) atoms. The lowest BCUT2D eigenvalue weighted by atomic mass is 10.1. The largest absolute Gasteiger partial charge is 0.450 e. The number of ether oxygens (including phenoxy) is 1. The number of likely N-dealkylation sites (tertiary alicyclic amines) is 1. The Morgan fingerprint density at radius 2 is 2.03 bits per heavy atom. The third-order valence-electron chi connectivity index (χ3n) is 5.53. The van der Waals surface area contributed by atoms with E-state index in [2.05, 4.69) is 24.1 Å². The quantitative estimate of drug-likeness (QED) is 0.441. The zero-order valence-corrected chi connectivity index (χ0v) is 20.9. The maximum atomic E-state index is 13.1. The number of halogens is 1. The Hall–Kier alpha value is -2.26. The number of hydrogen-bond donors (Lipinski definition) is 1. The molecule has 0 bridgehead atoms. The van der Waals surface area contributed by atoms with Crippen LogP contribution in [0.1, 0.15) is 40.0 Å². The van der Waals surface area contributed by atoms with E-state index in [4.69, 9.17) is 16.3 Å². The Morgan fingerprint density at radius 1 is 1.30 bits per heavy atom. The first-order valence-electron chi connectivity index (χ1n) is 11.3. The van der Waals surface area contributed by atoms with Gasteiger partial charge in [-0.05, 0) is 50.3 Å². The van der Waals surface area contributed by atoms with Gasteiger partial charge in [0.15, 0.2) is 5.16 Å². The molecule has 10 heteroatoms. The van der Waals surface area contributed by atoms with Crippen LogP contribution < -0.4 is 10.9 Å². The van der Waals surface area contributed by atoms with Gasteiger partial charge in [-0.1, -0.05) is 37.2 Å². The molecule has 0 spiro atoms. The van der Waals surface area contributed by atoms with Gasteiger partial charge in [0.25, 0.3) is 5.56 Å². The van der Waals surface area contributed by atoms with E-state index in [0.29, 0.717) is 66.1 Å². The number of benzene rings is 1. The second kappa shape index (κ2) is 11.7. The monoisotopic (exact) mass is 494 g/mol. The van der Waals surface area contributed by atoms with Crippen molar-refractivity contribution in [3.05, 3.63) is 33.6 Å². The Morgan fingerprint density at radius 3 is 2.70 bits per heavy atom. The zero-order chi connectivity index (χ0) is 24.0. The van der Waals surface area contributed by atoms with Gasteiger partial charge in [-0.3, -0.25) is 14.2 Å². The van der Waals surface area contributed by atoms with Crippen molar-refractivity contribution in [2.24, 2.45) is 5.92 Å². The van der Waals surface area contributed by atoms with Gasteiger partial charge in [0.1, 0.15) is 0 Å². The molecule has 2 amide bonds. The number of amides is 2. The Labute approximate surface area is 203 Å². The molecule has 2 aromatic rings. The van der Waals surface area contributed by atoms with E-state index in [1.165, 1.54) is 11.8 Å². The predicted octanol–water partition coefficient (Wildman–Crippen LogP) is 3.93. The number of thioether (sulfide) groups is 1. The number of carbonyl (C=O) groups is 2. The summed E-state index contributed by atoms with van der Waals surface area (Å²) in [5.41, 5.74) is 0.411. The first-order chi connectivity index (χ1) is 15.8. The summed E-state index contributed by atoms with van der Waals surface area (Å²) < 4.78 is 6.69. The fourth-order valence-electron chi connectivity index (χ4n) is 3.69. The van der Waals surface area contributed by atoms with Crippen molar-refractivity contribution in [3.8, 4) is 0 Å². The van der Waals surface area contributed by atoms with Crippen LogP contribution in [0, 0.1) is 5.92 Å². The molecular formula is C23H31ClN4O4S. The van der Waals surface area contributed by atoms with E-state index < -0.39 is 0 Å². The number of rotatable bonds is 8. The highest BCUT2D eigenvalue weighted by molar-refractivity contribution is 7.99. The average molecular weight is 495 g/mol. The van der Waals surface area contributed by atoms with Gasteiger partial charge < -0.3 is 15.0 Å². The van der Waals surface area contributed by atoms with E-state index >= 15 is 0 Å². The first-order valence-corrected chi connectivity index (χ1v) is 12.7. The molecule has 1 aromatic carbocycles. The first kappa shape index (κ1) is 25.4. The molecule has 1 aliphatic rings. The maximum Gasteiger partial charge on any atom is 0.409 e. The average Bonchev–Trinajstić information content (AvgIpc) is 2.77. The van der Waals surface area contributed by atoms with Crippen LogP contribution in [0.2, 0.25) is 5.02 Å². The van der Waals surface area contributed by atoms with Crippen LogP contribution in [0.5, 0.6) is 0 Å². The van der Waals surface area contributed by atoms with Crippen LogP contribution in [0.15, 0.2) is 28.2 Å². The van der Waals surface area contributed by atoms with Crippen LogP contribution in [-0.2, 0) is 16.1 Å². The van der Waals surface area contributed by atoms with E-state index in [1.54, 1.807) is 34.6 Å². The van der Waals surface area contributed by atoms with Gasteiger partial charge in [-0.25, -0.2) is 9.78 Å². The van der Waals surface area contributed by atoms with Crippen LogP contribution in [0.25, 0.3) is 10.9 Å². The minimum atomic E-state index is -0.306. The molecule has 8 nitrogen and oxygen atoms in total. The molecule has 0 unspecified atom stereocenters. The molecule has 1 N–H and O–H groups in total. The molecule has 180 valence electrons. The second-order valence-corrected chi connectivity index (χ2v) is 9.89. The van der Waals surface area contributed by atoms with E-state index in [-0.39, 0.29) is 29.4 Å². The van der Waals surface area contributed by atoms with Crippen molar-refractivity contribution in [1.29, 1.82) is 0 Å². The molecule has 1 fully saturated rings. The van der Waals surface area contributed by atoms with Crippen molar-refractivity contribution in [2.45, 2.75) is 57.8 Å². The summed E-state index contributed by atoms with van der Waals surface area (Å²) in [5.74, 6) is 0.461. The van der Waals surface area contributed by atoms with Gasteiger partial charge in [0, 0.05) is 30.7 Å². The number of fused-ring (bicyclic) bond motifs is 1. The summed E-state index contributed by atoms with van der Waals surface area (Å²) in [7, 11) is 0. The molecular weight excluding hydrogens is 464 g/mol. The van der Waals surface area contributed by atoms with Gasteiger partial charge in [-0.2, -0.15) is 0 Å². The second-order valence-electron chi connectivity index (χ2n) is 8.51. The van der Waals surface area contributed by atoms with Crippen molar-refractivity contribution in [1.82, 2.24) is 19.8 Å². The minimum Gasteiger partial charge on any atom is -0.450 e. The molecule has 0 atom stereocenters. The lowest BCUT2D eigenvalue weighted by Gasteiger charge is -2.31. The lowest BCUT2D eigenvalue weighted by molar-refractivity contribution is -0.119. The van der Waals surface area contributed by atoms with Crippen molar-refractivity contribution in [3.63, 3.8) is 0 Å². The van der Waals surface area contributed by atoms with Gasteiger partial charge >= 0.3 is 6.09 Å². The van der Waals surface area contributed by atoms with E-state index in [1.807, 2.05) is 0 Å². The molecule has 0 radical (unpaired) electrons. The van der Waals surface area contributed by atoms with Gasteiger partial charge in [0.2, 0.25) is 5.91 Å². The van der Waals surface area contributed by atoms with Crippen molar-refractivity contribution >= 4 is 46.3 Å². The van der Waals surface area contributed by atoms with Crippen LogP contribution in [0.3, 0.4) is 0 Å². The summed E-state index contributed by atoms with van der Waals surface area (Å²) >= 11 is 7.35. The fourth-order valence-corrected chi connectivity index (χ4v) is 4.69. The summed E-state index contributed by atoms with van der Waals surface area (Å²) in [5, 5.41) is 4.58. The standard InChI is InChI=1S/C23H31ClN4O4S/c1-4-32-23(31)27-10-8-17(9-11-27)25-20(29)14-33-22-26-19-13-16(24)5-6-18(19)21(30)28(22)12-7-15(2)3/h5-6,13,15,17H,4,7-12,14H2,1-3H3,(H,25,29). The number of nitrogens with one attached hydrogen (secondary N) is 1. The third-order valence-corrected chi connectivity index (χ3v) is 6.74. The van der Waals surface area contributed by atoms with Crippen LogP contribution in [0.4, 0.5) is 4.79 Å². The highest BCUT2D eigenvalue weighted by Crippen LogP contribution is 2.21. The van der Waals surface area contributed by atoms with Gasteiger partial charge in [0.05, 0.1) is 23.3 Å². The SMILES string of the molecule is CCOC(=O)N1CCC(NC(=O)CSc2nc3cc(Cl)ccc3c(=O)n2CCC(C)C)CC1. The number of piperidine rings is 1. The molecule has 1 aromatic heterocycles. The molecule has 1 aliphatic heterocycles. The maximum absolute atomic E-state index is 13.1. The summed E-state index contributed by atoms with van der Waals surface area (Å²) in [6.07, 6.45) is 1.89. The molecule has 0 aliphatic carbocycles. The number of nitrogens with zero attached hydrogens (tertiary/aromatic N) is 3. The molecule has 2 heterocycles.